The summed E-state index contributed by atoms with van der Waals surface area (Å²) in [5, 5.41) is 9.21. The molecule has 1 aliphatic rings. The molecule has 0 atom stereocenters. The largest absolute Gasteiger partial charge is 0.351 e. The number of carbonyl (C=O) groups is 1. The molecule has 0 aliphatic carbocycles. The Morgan fingerprint density at radius 1 is 1.42 bits per heavy atom. The van der Waals surface area contributed by atoms with E-state index in [1.165, 1.54) is 0 Å². The molecule has 1 saturated heterocycles. The summed E-state index contributed by atoms with van der Waals surface area (Å²) in [5.41, 5.74) is 7.31. The molecule has 2 heterocycles. The van der Waals surface area contributed by atoms with Crippen molar-refractivity contribution in [2.45, 2.75) is 18.8 Å². The maximum absolute atomic E-state index is 11.1. The zero-order valence-corrected chi connectivity index (χ0v) is 11.2. The third-order valence-electron chi connectivity index (χ3n) is 3.76. The average molecular weight is 279 g/mol. The van der Waals surface area contributed by atoms with Crippen LogP contribution in [0, 0.1) is 0 Å². The lowest BCUT2D eigenvalue weighted by Crippen LogP contribution is -2.41. The molecular weight excluding hydrogens is 264 g/mol. The quantitative estimate of drug-likeness (QED) is 0.841. The van der Waals surface area contributed by atoms with E-state index in [2.05, 4.69) is 10.2 Å². The average Bonchev–Trinajstić information content (AvgIpc) is 2.81. The zero-order chi connectivity index (χ0) is 13.4. The fourth-order valence-electron chi connectivity index (χ4n) is 2.71. The van der Waals surface area contributed by atoms with E-state index >= 15 is 0 Å². The van der Waals surface area contributed by atoms with Crippen molar-refractivity contribution >= 4 is 28.5 Å². The Hall–Kier alpha value is -1.75. The van der Waals surface area contributed by atoms with Gasteiger partial charge in [-0.1, -0.05) is 11.6 Å². The van der Waals surface area contributed by atoms with Gasteiger partial charge in [0.1, 0.15) is 0 Å². The Bertz CT molecular complexity index is 616. The van der Waals surface area contributed by atoms with E-state index in [1.807, 2.05) is 18.2 Å². The van der Waals surface area contributed by atoms with Crippen LogP contribution in [0.4, 0.5) is 4.79 Å². The van der Waals surface area contributed by atoms with E-state index in [4.69, 9.17) is 17.3 Å². The molecule has 0 saturated carbocycles. The van der Waals surface area contributed by atoms with Crippen LogP contribution in [0.5, 0.6) is 0 Å². The van der Waals surface area contributed by atoms with Gasteiger partial charge in [0, 0.05) is 35.1 Å². The van der Waals surface area contributed by atoms with E-state index in [0.29, 0.717) is 24.0 Å². The first-order valence-corrected chi connectivity index (χ1v) is 6.71. The normalized spacial score (nSPS) is 17.0. The topological polar surface area (TPSA) is 75.0 Å². The van der Waals surface area contributed by atoms with Crippen LogP contribution in [0.1, 0.15) is 24.5 Å². The molecule has 6 heteroatoms. The smallest absolute Gasteiger partial charge is 0.314 e. The number of fused-ring (bicyclic) bond motifs is 1. The van der Waals surface area contributed by atoms with Gasteiger partial charge < -0.3 is 10.6 Å². The number of rotatable bonds is 1. The van der Waals surface area contributed by atoms with Crippen molar-refractivity contribution in [3.8, 4) is 0 Å². The third kappa shape index (κ3) is 2.26. The van der Waals surface area contributed by atoms with Crippen molar-refractivity contribution in [2.24, 2.45) is 5.73 Å². The number of aromatic amines is 1. The highest BCUT2D eigenvalue weighted by molar-refractivity contribution is 6.31. The zero-order valence-electron chi connectivity index (χ0n) is 10.4. The van der Waals surface area contributed by atoms with E-state index in [0.717, 1.165) is 29.4 Å². The first-order valence-electron chi connectivity index (χ1n) is 6.33. The second-order valence-electron chi connectivity index (χ2n) is 4.90. The van der Waals surface area contributed by atoms with Crippen LogP contribution >= 0.6 is 11.6 Å². The van der Waals surface area contributed by atoms with Gasteiger partial charge in [-0.15, -0.1) is 0 Å². The molecule has 0 spiro atoms. The maximum atomic E-state index is 11.1. The van der Waals surface area contributed by atoms with E-state index < -0.39 is 0 Å². The molecule has 0 bridgehead atoms. The lowest BCUT2D eigenvalue weighted by molar-refractivity contribution is 0.190. The molecule has 3 N–H and O–H groups in total. The molecule has 0 radical (unpaired) electrons. The molecule has 19 heavy (non-hydrogen) atoms. The van der Waals surface area contributed by atoms with Crippen LogP contribution in [0.3, 0.4) is 0 Å². The molecule has 1 aliphatic heterocycles. The minimum atomic E-state index is -0.334. The number of nitrogens with two attached hydrogens (primary N) is 1. The second-order valence-corrected chi connectivity index (χ2v) is 5.33. The fraction of sp³-hybridized carbons (Fsp3) is 0.385. The van der Waals surface area contributed by atoms with E-state index in [-0.39, 0.29) is 6.03 Å². The predicted molar refractivity (Wildman–Crippen MR) is 74.2 cm³/mol. The Labute approximate surface area is 115 Å². The summed E-state index contributed by atoms with van der Waals surface area (Å²) in [6.07, 6.45) is 1.81. The van der Waals surface area contributed by atoms with Gasteiger partial charge in [0.2, 0.25) is 0 Å². The van der Waals surface area contributed by atoms with Gasteiger partial charge in [0.15, 0.2) is 0 Å². The first-order chi connectivity index (χ1) is 9.15. The second kappa shape index (κ2) is 4.74. The highest BCUT2D eigenvalue weighted by Crippen LogP contribution is 2.32. The number of nitrogens with zero attached hydrogens (tertiary/aromatic N) is 2. The van der Waals surface area contributed by atoms with E-state index in [1.54, 1.807) is 4.90 Å². The number of amides is 2. The number of hydrogen-bond acceptors (Lipinski definition) is 2. The van der Waals surface area contributed by atoms with Gasteiger partial charge in [0.25, 0.3) is 0 Å². The maximum Gasteiger partial charge on any atom is 0.314 e. The number of carbonyl (C=O) groups excluding carboxylic acids is 1. The summed E-state index contributed by atoms with van der Waals surface area (Å²) in [4.78, 5) is 12.8. The minimum absolute atomic E-state index is 0.334. The van der Waals surface area contributed by atoms with Crippen molar-refractivity contribution in [3.05, 3.63) is 28.9 Å². The van der Waals surface area contributed by atoms with Gasteiger partial charge in [-0.3, -0.25) is 5.10 Å². The van der Waals surface area contributed by atoms with Crippen molar-refractivity contribution in [1.82, 2.24) is 15.1 Å². The van der Waals surface area contributed by atoms with Crippen LogP contribution in [-0.2, 0) is 0 Å². The number of likely N-dealkylation sites (tertiary alicyclic amines) is 1. The summed E-state index contributed by atoms with van der Waals surface area (Å²) in [5.74, 6) is 0.391. The van der Waals surface area contributed by atoms with Crippen molar-refractivity contribution in [1.29, 1.82) is 0 Å². The number of hydrogen-bond donors (Lipinski definition) is 2. The first kappa shape index (κ1) is 12.3. The lowest BCUT2D eigenvalue weighted by atomic mass is 9.92. The van der Waals surface area contributed by atoms with Gasteiger partial charge in [0.05, 0.1) is 5.52 Å². The van der Waals surface area contributed by atoms with E-state index in [9.17, 15) is 4.79 Å². The van der Waals surface area contributed by atoms with Gasteiger partial charge in [-0.25, -0.2) is 4.79 Å². The van der Waals surface area contributed by atoms with Crippen molar-refractivity contribution in [2.75, 3.05) is 13.1 Å². The Kier molecular flexibility index (Phi) is 3.06. The highest BCUT2D eigenvalue weighted by atomic mass is 35.5. The van der Waals surface area contributed by atoms with Crippen molar-refractivity contribution in [3.63, 3.8) is 0 Å². The number of piperidine rings is 1. The van der Waals surface area contributed by atoms with Gasteiger partial charge in [-0.2, -0.15) is 5.10 Å². The molecule has 2 aromatic rings. The molecule has 1 aromatic heterocycles. The number of primary amides is 1. The molecule has 100 valence electrons. The molecule has 3 rings (SSSR count). The van der Waals surface area contributed by atoms with Crippen molar-refractivity contribution < 1.29 is 4.79 Å². The predicted octanol–water partition coefficient (Wildman–Crippen LogP) is 2.47. The number of H-pyrrole nitrogens is 1. The molecule has 1 aromatic carbocycles. The van der Waals surface area contributed by atoms with Crippen LogP contribution in [0.2, 0.25) is 5.02 Å². The number of benzene rings is 1. The molecule has 5 nitrogen and oxygen atoms in total. The molecule has 1 fully saturated rings. The molecule has 0 unspecified atom stereocenters. The number of nitrogens with one attached hydrogen (secondary N) is 1. The van der Waals surface area contributed by atoms with Crippen LogP contribution in [0.25, 0.3) is 10.9 Å². The number of halogens is 1. The Morgan fingerprint density at radius 3 is 2.84 bits per heavy atom. The number of urea groups is 1. The van der Waals surface area contributed by atoms with Gasteiger partial charge >= 0.3 is 6.03 Å². The Balaban J connectivity index is 1.84. The minimum Gasteiger partial charge on any atom is -0.351 e. The molecule has 2 amide bonds. The highest BCUT2D eigenvalue weighted by Gasteiger charge is 2.24. The Morgan fingerprint density at radius 2 is 2.16 bits per heavy atom. The molecular formula is C13H15ClN4O. The lowest BCUT2D eigenvalue weighted by Gasteiger charge is -2.30. The summed E-state index contributed by atoms with van der Waals surface area (Å²) in [7, 11) is 0. The summed E-state index contributed by atoms with van der Waals surface area (Å²) >= 11 is 5.96. The van der Waals surface area contributed by atoms with Crippen LogP contribution in [0.15, 0.2) is 18.2 Å². The van der Waals surface area contributed by atoms with Gasteiger partial charge in [-0.05, 0) is 31.0 Å². The summed E-state index contributed by atoms with van der Waals surface area (Å²) in [6.45, 7) is 1.40. The van der Waals surface area contributed by atoms with Crippen LogP contribution in [-0.4, -0.2) is 34.2 Å². The third-order valence-corrected chi connectivity index (χ3v) is 4.00. The standard InChI is InChI=1S/C13H15ClN4O/c14-9-1-2-10-11(7-9)16-17-12(10)8-3-5-18(6-4-8)13(15)19/h1-2,7-8H,3-6H2,(H2,15,19)(H,16,17). The summed E-state index contributed by atoms with van der Waals surface area (Å²) in [6, 6.07) is 5.40. The SMILES string of the molecule is NC(=O)N1CCC(c2[nH]nc3cc(Cl)ccc23)CC1. The fourth-order valence-corrected chi connectivity index (χ4v) is 2.87. The summed E-state index contributed by atoms with van der Waals surface area (Å²) < 4.78 is 0. The number of aromatic nitrogens is 2. The van der Waals surface area contributed by atoms with Crippen LogP contribution < -0.4 is 5.73 Å². The monoisotopic (exact) mass is 278 g/mol.